The number of aromatic nitrogens is 1. The summed E-state index contributed by atoms with van der Waals surface area (Å²) in [6, 6.07) is 10.2. The molecule has 0 unspecified atom stereocenters. The average molecular weight is 447 g/mol. The molecule has 5 rings (SSSR count). The second kappa shape index (κ2) is 8.24. The van der Waals surface area contributed by atoms with E-state index < -0.39 is 0 Å². The molecular weight excluding hydrogens is 412 g/mol. The Balaban J connectivity index is 1.37. The lowest BCUT2D eigenvalue weighted by molar-refractivity contribution is -0.141. The molecule has 0 aliphatic carbocycles. The van der Waals surface area contributed by atoms with Crippen molar-refractivity contribution in [2.24, 2.45) is 10.8 Å². The molecule has 0 N–H and O–H groups in total. The minimum Gasteiger partial charge on any atom is -0.345 e. The van der Waals surface area contributed by atoms with Gasteiger partial charge in [-0.15, -0.1) is 0 Å². The van der Waals surface area contributed by atoms with Crippen LogP contribution < -0.4 is 0 Å². The van der Waals surface area contributed by atoms with Gasteiger partial charge in [-0.1, -0.05) is 23.3 Å². The lowest BCUT2D eigenvalue weighted by atomic mass is 9.60. The predicted octanol–water partition coefficient (Wildman–Crippen LogP) is 3.29. The van der Waals surface area contributed by atoms with Gasteiger partial charge in [0.15, 0.2) is 0 Å². The van der Waals surface area contributed by atoms with Crippen LogP contribution in [0.3, 0.4) is 0 Å². The second-order valence-electron chi connectivity index (χ2n) is 10.5. The van der Waals surface area contributed by atoms with Gasteiger partial charge < -0.3 is 9.80 Å². The van der Waals surface area contributed by atoms with Crippen molar-refractivity contribution in [1.82, 2.24) is 19.7 Å². The highest BCUT2D eigenvalue weighted by atomic mass is 16.2. The zero-order valence-corrected chi connectivity index (χ0v) is 20.0. The van der Waals surface area contributed by atoms with Crippen molar-refractivity contribution in [3.05, 3.63) is 65.0 Å². The molecule has 3 fully saturated rings. The zero-order chi connectivity index (χ0) is 23.2. The summed E-state index contributed by atoms with van der Waals surface area (Å²) in [4.78, 5) is 37.4. The first-order chi connectivity index (χ1) is 15.8. The summed E-state index contributed by atoms with van der Waals surface area (Å²) in [6.07, 6.45) is 6.40. The molecule has 3 aliphatic rings. The van der Waals surface area contributed by atoms with Gasteiger partial charge in [0.1, 0.15) is 0 Å². The lowest BCUT2D eigenvalue weighted by Gasteiger charge is -2.47. The van der Waals surface area contributed by atoms with E-state index in [4.69, 9.17) is 0 Å². The number of hydrogen-bond donors (Lipinski definition) is 0. The molecule has 33 heavy (non-hydrogen) atoms. The smallest absolute Gasteiger partial charge is 0.253 e. The normalized spacial score (nSPS) is 24.9. The summed E-state index contributed by atoms with van der Waals surface area (Å²) in [6.45, 7) is 8.86. The van der Waals surface area contributed by atoms with Crippen LogP contribution in [0.1, 0.15) is 46.3 Å². The number of hydrogen-bond acceptors (Lipinski definition) is 4. The number of aryl methyl sites for hydroxylation is 2. The molecule has 0 radical (unpaired) electrons. The van der Waals surface area contributed by atoms with Crippen LogP contribution in [-0.2, 0) is 11.3 Å². The largest absolute Gasteiger partial charge is 0.345 e. The molecule has 174 valence electrons. The number of nitrogens with zero attached hydrogens (tertiary/aromatic N) is 4. The van der Waals surface area contributed by atoms with Crippen LogP contribution in [0.5, 0.6) is 0 Å². The van der Waals surface area contributed by atoms with E-state index in [0.29, 0.717) is 19.0 Å². The van der Waals surface area contributed by atoms with Crippen molar-refractivity contribution >= 4 is 11.8 Å². The van der Waals surface area contributed by atoms with E-state index in [1.807, 2.05) is 55.1 Å². The summed E-state index contributed by atoms with van der Waals surface area (Å²) < 4.78 is 0. The van der Waals surface area contributed by atoms with Gasteiger partial charge >= 0.3 is 0 Å². The number of carbonyl (C=O) groups is 2. The van der Waals surface area contributed by atoms with Crippen LogP contribution in [0.4, 0.5) is 0 Å². The Labute approximate surface area is 196 Å². The highest BCUT2D eigenvalue weighted by Gasteiger charge is 2.64. The van der Waals surface area contributed by atoms with Crippen LogP contribution in [0.15, 0.2) is 42.7 Å². The molecule has 2 aromatic rings. The fourth-order valence-electron chi connectivity index (χ4n) is 6.67. The second-order valence-corrected chi connectivity index (χ2v) is 10.5. The van der Waals surface area contributed by atoms with E-state index in [2.05, 4.69) is 22.0 Å². The Morgan fingerprint density at radius 2 is 1.76 bits per heavy atom. The van der Waals surface area contributed by atoms with Crippen molar-refractivity contribution in [1.29, 1.82) is 0 Å². The van der Waals surface area contributed by atoms with E-state index in [9.17, 15) is 9.59 Å². The molecule has 4 heterocycles. The number of rotatable bonds is 3. The number of likely N-dealkylation sites (tertiary alicyclic amines) is 3. The molecule has 2 amide bonds. The van der Waals surface area contributed by atoms with Crippen LogP contribution >= 0.6 is 0 Å². The van der Waals surface area contributed by atoms with Crippen molar-refractivity contribution in [3.8, 4) is 0 Å². The number of piperidine rings is 1. The van der Waals surface area contributed by atoms with Crippen LogP contribution in [0.25, 0.3) is 0 Å². The number of amides is 2. The summed E-state index contributed by atoms with van der Waals surface area (Å²) in [5.41, 5.74) is 3.79. The van der Waals surface area contributed by atoms with Crippen LogP contribution in [0, 0.1) is 24.7 Å². The first-order valence-corrected chi connectivity index (χ1v) is 12.1. The lowest BCUT2D eigenvalue weighted by Crippen LogP contribution is -2.53. The molecule has 3 aliphatic heterocycles. The van der Waals surface area contributed by atoms with Gasteiger partial charge in [-0.05, 0) is 56.9 Å². The number of fused-ring (bicyclic) bond motifs is 1. The summed E-state index contributed by atoms with van der Waals surface area (Å²) in [5.74, 6) is 0.413. The standard InChI is InChI=1S/C27H34N4O2/c1-20-13-21(2)15-23(14-20)24(32)31-11-6-26(7-12-31)18-30(17-22-5-4-9-28-16-22)19-27(26)8-10-29(3)25(27)33/h4-5,9,13-16H,6-8,10-12,17-19H2,1-3H3/t27-/m1/s1. The van der Waals surface area contributed by atoms with Crippen molar-refractivity contribution < 1.29 is 9.59 Å². The van der Waals surface area contributed by atoms with Gasteiger partial charge in [0, 0.05) is 69.7 Å². The summed E-state index contributed by atoms with van der Waals surface area (Å²) in [7, 11) is 1.94. The highest BCUT2D eigenvalue weighted by Crippen LogP contribution is 2.57. The summed E-state index contributed by atoms with van der Waals surface area (Å²) >= 11 is 0. The Morgan fingerprint density at radius 1 is 1.03 bits per heavy atom. The topological polar surface area (TPSA) is 56.8 Å². The van der Waals surface area contributed by atoms with Gasteiger partial charge in [0.25, 0.3) is 5.91 Å². The Hall–Kier alpha value is -2.73. The van der Waals surface area contributed by atoms with E-state index in [1.54, 1.807) is 6.20 Å². The van der Waals surface area contributed by atoms with Crippen LogP contribution in [-0.4, -0.2) is 71.3 Å². The third-order valence-corrected chi connectivity index (χ3v) is 8.27. The SMILES string of the molecule is Cc1cc(C)cc(C(=O)N2CCC3(CC2)CN(Cc2cccnc2)C[C@@]32CCN(C)C2=O)c1. The molecule has 2 spiro atoms. The van der Waals surface area contributed by atoms with E-state index in [1.165, 1.54) is 5.56 Å². The Kier molecular flexibility index (Phi) is 5.52. The Bertz CT molecular complexity index is 1040. The van der Waals surface area contributed by atoms with E-state index >= 15 is 0 Å². The maximum Gasteiger partial charge on any atom is 0.253 e. The van der Waals surface area contributed by atoms with Gasteiger partial charge in [-0.2, -0.15) is 0 Å². The fourth-order valence-corrected chi connectivity index (χ4v) is 6.67. The molecule has 1 aromatic carbocycles. The van der Waals surface area contributed by atoms with E-state index in [-0.39, 0.29) is 16.7 Å². The van der Waals surface area contributed by atoms with Crippen molar-refractivity contribution in [2.45, 2.75) is 39.7 Å². The third kappa shape index (κ3) is 3.74. The fraction of sp³-hybridized carbons (Fsp3) is 0.519. The maximum atomic E-state index is 13.5. The quantitative estimate of drug-likeness (QED) is 0.726. The molecule has 0 bridgehead atoms. The van der Waals surface area contributed by atoms with E-state index in [0.717, 1.165) is 62.1 Å². The minimum atomic E-state index is -0.334. The van der Waals surface area contributed by atoms with Crippen LogP contribution in [0.2, 0.25) is 0 Å². The van der Waals surface area contributed by atoms with Gasteiger partial charge in [0.2, 0.25) is 5.91 Å². The first-order valence-electron chi connectivity index (χ1n) is 12.1. The molecule has 1 atom stereocenters. The number of benzene rings is 1. The summed E-state index contributed by atoms with van der Waals surface area (Å²) in [5, 5.41) is 0. The molecule has 6 nitrogen and oxygen atoms in total. The molecular formula is C27H34N4O2. The molecule has 3 saturated heterocycles. The van der Waals surface area contributed by atoms with Crippen molar-refractivity contribution in [3.63, 3.8) is 0 Å². The monoisotopic (exact) mass is 446 g/mol. The third-order valence-electron chi connectivity index (χ3n) is 8.27. The van der Waals surface area contributed by atoms with Gasteiger partial charge in [-0.25, -0.2) is 0 Å². The first kappa shape index (κ1) is 22.1. The van der Waals surface area contributed by atoms with Gasteiger partial charge in [-0.3, -0.25) is 19.5 Å². The van der Waals surface area contributed by atoms with Gasteiger partial charge in [0.05, 0.1) is 5.41 Å². The number of carbonyl (C=O) groups excluding carboxylic acids is 2. The van der Waals surface area contributed by atoms with Crippen molar-refractivity contribution in [2.75, 3.05) is 39.8 Å². The molecule has 1 aromatic heterocycles. The molecule has 0 saturated carbocycles. The number of pyridine rings is 1. The highest BCUT2D eigenvalue weighted by molar-refractivity contribution is 5.94. The average Bonchev–Trinajstić information content (AvgIpc) is 3.25. The minimum absolute atomic E-state index is 0.0731. The molecule has 6 heteroatoms. The Morgan fingerprint density at radius 3 is 2.36 bits per heavy atom. The predicted molar refractivity (Wildman–Crippen MR) is 128 cm³/mol. The maximum absolute atomic E-state index is 13.5. The zero-order valence-electron chi connectivity index (χ0n) is 20.0.